The molecule has 1 N–H and O–H groups in total. The zero-order chi connectivity index (χ0) is 14.1. The Hall–Kier alpha value is -1.57. The van der Waals surface area contributed by atoms with Crippen LogP contribution < -0.4 is 0 Å². The summed E-state index contributed by atoms with van der Waals surface area (Å²) in [5.74, 6) is 0.306. The number of fused-ring (bicyclic) bond motifs is 1. The van der Waals surface area contributed by atoms with E-state index in [-0.39, 0.29) is 18.2 Å². The Bertz CT molecular complexity index is 744. The van der Waals surface area contributed by atoms with Crippen molar-refractivity contribution in [3.63, 3.8) is 0 Å². The van der Waals surface area contributed by atoms with Gasteiger partial charge < -0.3 is 5.11 Å². The van der Waals surface area contributed by atoms with E-state index in [1.165, 1.54) is 28.3 Å². The zero-order valence-corrected chi connectivity index (χ0v) is 11.8. The summed E-state index contributed by atoms with van der Waals surface area (Å²) >= 11 is 6.93. The topological polar surface area (TPSA) is 63.8 Å². The van der Waals surface area contributed by atoms with Crippen LogP contribution in [0.25, 0.3) is 10.1 Å². The van der Waals surface area contributed by atoms with Crippen LogP contribution in [0.1, 0.15) is 16.8 Å². The maximum atomic E-state index is 13.1. The third-order valence-electron chi connectivity index (χ3n) is 2.78. The van der Waals surface area contributed by atoms with Gasteiger partial charge >= 0.3 is 0 Å². The van der Waals surface area contributed by atoms with Gasteiger partial charge in [0, 0.05) is 9.58 Å². The van der Waals surface area contributed by atoms with Gasteiger partial charge in [0.1, 0.15) is 11.9 Å². The first-order valence-corrected chi connectivity index (χ1v) is 7.20. The highest BCUT2D eigenvalue weighted by Gasteiger charge is 2.14. The lowest BCUT2D eigenvalue weighted by Gasteiger charge is -2.05. The molecule has 3 rings (SSSR count). The van der Waals surface area contributed by atoms with Crippen LogP contribution >= 0.6 is 22.9 Å². The zero-order valence-electron chi connectivity index (χ0n) is 10.2. The van der Waals surface area contributed by atoms with Gasteiger partial charge in [-0.25, -0.2) is 4.39 Å². The Morgan fingerprint density at radius 1 is 1.40 bits per heavy atom. The number of hydrogen-bond donors (Lipinski definition) is 1. The van der Waals surface area contributed by atoms with E-state index in [1.54, 1.807) is 6.07 Å². The molecule has 0 aliphatic carbocycles. The van der Waals surface area contributed by atoms with Gasteiger partial charge in [-0.1, -0.05) is 6.07 Å². The normalized spacial score (nSPS) is 12.9. The van der Waals surface area contributed by atoms with Gasteiger partial charge in [-0.15, -0.1) is 33.1 Å². The van der Waals surface area contributed by atoms with Crippen LogP contribution in [0.3, 0.4) is 0 Å². The van der Waals surface area contributed by atoms with Crippen molar-refractivity contribution in [3.05, 3.63) is 40.8 Å². The molecule has 0 saturated carbocycles. The third-order valence-corrected chi connectivity index (χ3v) is 4.22. The number of rotatable bonds is 4. The third kappa shape index (κ3) is 2.65. The minimum absolute atomic E-state index is 0.179. The summed E-state index contributed by atoms with van der Waals surface area (Å²) in [4.78, 5) is 2.03. The van der Waals surface area contributed by atoms with Gasteiger partial charge in [-0.05, 0) is 28.8 Å². The molecule has 1 atom stereocenters. The van der Waals surface area contributed by atoms with Crippen molar-refractivity contribution in [2.45, 2.75) is 18.5 Å². The van der Waals surface area contributed by atoms with Crippen LogP contribution in [0, 0.1) is 5.82 Å². The molecule has 0 bridgehead atoms. The largest absolute Gasteiger partial charge is 0.386 e. The van der Waals surface area contributed by atoms with Gasteiger partial charge in [0.2, 0.25) is 0 Å². The predicted octanol–water partition coefficient (Wildman–Crippen LogP) is 2.50. The first-order valence-electron chi connectivity index (χ1n) is 5.85. The van der Waals surface area contributed by atoms with Crippen molar-refractivity contribution in [3.8, 4) is 0 Å². The number of tetrazole rings is 1. The van der Waals surface area contributed by atoms with Gasteiger partial charge in [0.15, 0.2) is 5.82 Å². The molecule has 0 radical (unpaired) electrons. The Kier molecular flexibility index (Phi) is 3.64. The van der Waals surface area contributed by atoms with Gasteiger partial charge in [0.05, 0.1) is 12.4 Å². The molecule has 1 unspecified atom stereocenters. The molecular weight excluding hydrogens is 303 g/mol. The lowest BCUT2D eigenvalue weighted by atomic mass is 10.2. The monoisotopic (exact) mass is 312 g/mol. The molecule has 0 saturated heterocycles. The van der Waals surface area contributed by atoms with Crippen LogP contribution in [0.5, 0.6) is 0 Å². The Balaban J connectivity index is 1.82. The van der Waals surface area contributed by atoms with Gasteiger partial charge in [0.25, 0.3) is 0 Å². The van der Waals surface area contributed by atoms with E-state index in [2.05, 4.69) is 15.4 Å². The highest BCUT2D eigenvalue weighted by molar-refractivity contribution is 7.19. The molecule has 20 heavy (non-hydrogen) atoms. The highest BCUT2D eigenvalue weighted by Crippen LogP contribution is 2.30. The van der Waals surface area contributed by atoms with Crippen LogP contribution in [0.15, 0.2) is 24.3 Å². The maximum Gasteiger partial charge on any atom is 0.189 e. The highest BCUT2D eigenvalue weighted by atomic mass is 35.5. The fourth-order valence-electron chi connectivity index (χ4n) is 1.84. The molecule has 0 spiro atoms. The maximum absolute atomic E-state index is 13.1. The van der Waals surface area contributed by atoms with Gasteiger partial charge in [-0.3, -0.25) is 0 Å². The number of benzene rings is 1. The SMILES string of the molecule is OC(Cn1nnc(CCl)n1)c1cc2ccc(F)cc2s1. The predicted molar refractivity (Wildman–Crippen MR) is 74.1 cm³/mol. The van der Waals surface area contributed by atoms with Crippen molar-refractivity contribution in [1.29, 1.82) is 0 Å². The number of aromatic nitrogens is 4. The van der Waals surface area contributed by atoms with Crippen molar-refractivity contribution in [1.82, 2.24) is 20.2 Å². The van der Waals surface area contributed by atoms with E-state index >= 15 is 0 Å². The van der Waals surface area contributed by atoms with Crippen LogP contribution in [-0.2, 0) is 12.4 Å². The molecule has 0 fully saturated rings. The van der Waals surface area contributed by atoms with E-state index in [9.17, 15) is 9.50 Å². The molecule has 0 aliphatic rings. The molecule has 0 aliphatic heterocycles. The fraction of sp³-hybridized carbons (Fsp3) is 0.250. The second kappa shape index (κ2) is 5.43. The lowest BCUT2D eigenvalue weighted by Crippen LogP contribution is -2.10. The summed E-state index contributed by atoms with van der Waals surface area (Å²) < 4.78 is 13.9. The summed E-state index contributed by atoms with van der Waals surface area (Å²) in [5.41, 5.74) is 0. The Morgan fingerprint density at radius 3 is 3.00 bits per heavy atom. The molecule has 1 aromatic carbocycles. The van der Waals surface area contributed by atoms with E-state index in [0.717, 1.165) is 15.0 Å². The minimum atomic E-state index is -0.771. The number of hydrogen-bond acceptors (Lipinski definition) is 5. The summed E-state index contributed by atoms with van der Waals surface area (Å²) in [7, 11) is 0. The molecule has 2 aromatic heterocycles. The Morgan fingerprint density at radius 2 is 2.25 bits per heavy atom. The summed E-state index contributed by atoms with van der Waals surface area (Å²) in [6, 6.07) is 6.38. The van der Waals surface area contributed by atoms with Crippen molar-refractivity contribution < 1.29 is 9.50 Å². The standard InChI is InChI=1S/C12H10ClFN4OS/c13-5-12-15-17-18(16-12)6-9(19)11-3-7-1-2-8(14)4-10(7)20-11/h1-4,9,19H,5-6H2. The average molecular weight is 313 g/mol. The quantitative estimate of drug-likeness (QED) is 0.752. The van der Waals surface area contributed by atoms with Crippen molar-refractivity contribution >= 4 is 33.0 Å². The van der Waals surface area contributed by atoms with Crippen molar-refractivity contribution in [2.24, 2.45) is 0 Å². The van der Waals surface area contributed by atoms with Crippen LogP contribution in [0.2, 0.25) is 0 Å². The van der Waals surface area contributed by atoms with E-state index in [1.807, 2.05) is 6.07 Å². The second-order valence-corrected chi connectivity index (χ2v) is 5.62. The molecule has 0 amide bonds. The number of aliphatic hydroxyl groups excluding tert-OH is 1. The smallest absolute Gasteiger partial charge is 0.189 e. The molecule has 104 valence electrons. The van der Waals surface area contributed by atoms with Crippen LogP contribution in [0.4, 0.5) is 4.39 Å². The second-order valence-electron chi connectivity index (χ2n) is 4.24. The first kappa shape index (κ1) is 13.4. The number of thiophene rings is 1. The van der Waals surface area contributed by atoms with Crippen molar-refractivity contribution in [2.75, 3.05) is 0 Å². The average Bonchev–Trinajstić information content (AvgIpc) is 3.04. The Labute approximate surface area is 122 Å². The minimum Gasteiger partial charge on any atom is -0.386 e. The molecule has 3 aromatic rings. The fourth-order valence-corrected chi connectivity index (χ4v) is 3.02. The molecule has 2 heterocycles. The summed E-state index contributed by atoms with van der Waals surface area (Å²) in [5, 5.41) is 22.6. The molecular formula is C12H10ClFN4OS. The molecule has 8 heteroatoms. The molecule has 5 nitrogen and oxygen atoms in total. The number of alkyl halides is 1. The lowest BCUT2D eigenvalue weighted by molar-refractivity contribution is 0.148. The number of aliphatic hydroxyl groups is 1. The van der Waals surface area contributed by atoms with Crippen LogP contribution in [-0.4, -0.2) is 25.3 Å². The number of nitrogens with zero attached hydrogens (tertiary/aromatic N) is 4. The van der Waals surface area contributed by atoms with E-state index in [0.29, 0.717) is 5.82 Å². The van der Waals surface area contributed by atoms with E-state index in [4.69, 9.17) is 11.6 Å². The van der Waals surface area contributed by atoms with Gasteiger partial charge in [-0.2, -0.15) is 4.80 Å². The number of halogens is 2. The van der Waals surface area contributed by atoms with E-state index < -0.39 is 6.10 Å². The summed E-state index contributed by atoms with van der Waals surface area (Å²) in [6.45, 7) is 0.180. The summed E-state index contributed by atoms with van der Waals surface area (Å²) in [6.07, 6.45) is -0.771. The first-order chi connectivity index (χ1) is 9.65.